The van der Waals surface area contributed by atoms with Gasteiger partial charge < -0.3 is 15.0 Å². The minimum atomic E-state index is -4.23. The summed E-state index contributed by atoms with van der Waals surface area (Å²) < 4.78 is 76.8. The van der Waals surface area contributed by atoms with Gasteiger partial charge in [0.05, 0.1) is 24.6 Å². The molecule has 2 heterocycles. The first-order chi connectivity index (χ1) is 18.5. The fourth-order valence-electron chi connectivity index (χ4n) is 4.01. The van der Waals surface area contributed by atoms with E-state index >= 15 is 8.78 Å². The van der Waals surface area contributed by atoms with Crippen molar-refractivity contribution < 1.29 is 31.1 Å². The Hall–Kier alpha value is -4.04. The molecule has 2 aromatic carbocycles. The summed E-state index contributed by atoms with van der Waals surface area (Å²) in [6.45, 7) is 1.14. The molecule has 39 heavy (non-hydrogen) atoms. The molecule has 0 aliphatic rings. The highest BCUT2D eigenvalue weighted by molar-refractivity contribution is 7.90. The number of aromatic amines is 1. The van der Waals surface area contributed by atoms with Crippen LogP contribution in [0.2, 0.25) is 0 Å². The second-order valence-corrected chi connectivity index (χ2v) is 10.8. The predicted molar refractivity (Wildman–Crippen MR) is 136 cm³/mol. The maximum atomic E-state index is 15.6. The summed E-state index contributed by atoms with van der Waals surface area (Å²) >= 11 is 0. The van der Waals surface area contributed by atoms with Crippen molar-refractivity contribution in [2.45, 2.75) is 17.1 Å². The fraction of sp³-hybridized carbons (Fsp3) is 0.280. The number of nitrogens with one attached hydrogen (secondary N) is 2. The van der Waals surface area contributed by atoms with E-state index in [1.165, 1.54) is 13.2 Å². The van der Waals surface area contributed by atoms with Gasteiger partial charge in [-0.25, -0.2) is 31.6 Å². The summed E-state index contributed by atoms with van der Waals surface area (Å²) in [5.41, 5.74) is -1.96. The van der Waals surface area contributed by atoms with Crippen LogP contribution >= 0.6 is 0 Å². The minimum absolute atomic E-state index is 0.000110. The van der Waals surface area contributed by atoms with Crippen molar-refractivity contribution in [3.8, 4) is 17.0 Å². The first-order valence-electron chi connectivity index (χ1n) is 11.7. The number of H-pyrrole nitrogens is 1. The Bertz CT molecular complexity index is 1640. The number of amides is 1. The fourth-order valence-corrected chi connectivity index (χ4v) is 5.42. The van der Waals surface area contributed by atoms with Crippen molar-refractivity contribution >= 4 is 26.6 Å². The Kier molecular flexibility index (Phi) is 8.16. The topological polar surface area (TPSA) is 130 Å². The number of halogens is 3. The summed E-state index contributed by atoms with van der Waals surface area (Å²) in [6.07, 6.45) is 2.78. The van der Waals surface area contributed by atoms with Crippen LogP contribution in [0.4, 0.5) is 13.2 Å². The number of methoxy groups -OCH3 is 1. The molecule has 0 atom stereocenters. The number of rotatable bonds is 10. The zero-order valence-electron chi connectivity index (χ0n) is 21.3. The largest absolute Gasteiger partial charge is 0.480 e. The van der Waals surface area contributed by atoms with E-state index in [0.29, 0.717) is 13.0 Å². The second-order valence-electron chi connectivity index (χ2n) is 8.89. The maximum Gasteiger partial charge on any atom is 0.269 e. The molecule has 10 nitrogen and oxygen atoms in total. The number of fused-ring (bicyclic) bond motifs is 1. The van der Waals surface area contributed by atoms with Gasteiger partial charge in [-0.1, -0.05) is 12.1 Å². The Morgan fingerprint density at radius 1 is 1.13 bits per heavy atom. The van der Waals surface area contributed by atoms with Crippen LogP contribution in [-0.2, 0) is 15.6 Å². The summed E-state index contributed by atoms with van der Waals surface area (Å²) in [6, 6.07) is 4.25. The highest BCUT2D eigenvalue weighted by atomic mass is 32.2. The molecule has 0 spiro atoms. The number of hydrogen-bond acceptors (Lipinski definition) is 8. The summed E-state index contributed by atoms with van der Waals surface area (Å²) in [5.74, 6) is -5.08. The zero-order chi connectivity index (χ0) is 28.3. The van der Waals surface area contributed by atoms with E-state index in [4.69, 9.17) is 4.74 Å². The third kappa shape index (κ3) is 5.71. The van der Waals surface area contributed by atoms with Gasteiger partial charge in [0.15, 0.2) is 15.7 Å². The average molecular weight is 563 g/mol. The first kappa shape index (κ1) is 28.0. The molecule has 0 saturated heterocycles. The monoisotopic (exact) mass is 562 g/mol. The molecule has 0 aliphatic heterocycles. The molecule has 0 fully saturated rings. The lowest BCUT2D eigenvalue weighted by Gasteiger charge is -2.12. The van der Waals surface area contributed by atoms with E-state index in [2.05, 4.69) is 25.5 Å². The summed E-state index contributed by atoms with van der Waals surface area (Å²) in [4.78, 5) is 21.6. The van der Waals surface area contributed by atoms with Crippen LogP contribution in [0.5, 0.6) is 5.88 Å². The van der Waals surface area contributed by atoms with Gasteiger partial charge in [-0.3, -0.25) is 9.89 Å². The normalized spacial score (nSPS) is 11.8. The lowest BCUT2D eigenvalue weighted by molar-refractivity contribution is 0.0949. The molecule has 206 valence electrons. The molecular weight excluding hydrogens is 537 g/mol. The number of ether oxygens (including phenoxy) is 1. The van der Waals surface area contributed by atoms with Gasteiger partial charge in [-0.05, 0) is 39.2 Å². The predicted octanol–water partition coefficient (Wildman–Crippen LogP) is 3.10. The molecule has 14 heteroatoms. The van der Waals surface area contributed by atoms with Crippen molar-refractivity contribution in [1.82, 2.24) is 30.4 Å². The Labute approximate surface area is 222 Å². The van der Waals surface area contributed by atoms with E-state index in [-0.39, 0.29) is 27.4 Å². The van der Waals surface area contributed by atoms with Gasteiger partial charge in [0.2, 0.25) is 5.88 Å². The van der Waals surface area contributed by atoms with Crippen molar-refractivity contribution in [2.75, 3.05) is 34.3 Å². The molecule has 2 aromatic heterocycles. The smallest absolute Gasteiger partial charge is 0.269 e. The van der Waals surface area contributed by atoms with E-state index in [9.17, 15) is 17.6 Å². The van der Waals surface area contributed by atoms with Crippen LogP contribution in [0.15, 0.2) is 41.7 Å². The molecule has 1 amide bonds. The van der Waals surface area contributed by atoms with E-state index in [1.54, 1.807) is 0 Å². The molecule has 2 N–H and O–H groups in total. The first-order valence-corrected chi connectivity index (χ1v) is 13.3. The van der Waals surface area contributed by atoms with Crippen LogP contribution in [0.25, 0.3) is 22.0 Å². The Morgan fingerprint density at radius 2 is 1.90 bits per heavy atom. The minimum Gasteiger partial charge on any atom is -0.480 e. The highest BCUT2D eigenvalue weighted by Gasteiger charge is 2.27. The molecule has 4 aromatic rings. The molecule has 0 aliphatic carbocycles. The quantitative estimate of drug-likeness (QED) is 0.282. The van der Waals surface area contributed by atoms with Crippen molar-refractivity contribution in [3.05, 3.63) is 65.5 Å². The number of hydrogen-bond donors (Lipinski definition) is 2. The molecule has 0 bridgehead atoms. The second kappa shape index (κ2) is 11.4. The SMILES string of the molecule is COc1ncncc1S(=O)(=O)Cc1ccc(F)c(-c2ccc3c(C(=O)NCCCN(C)C)[nH]nc3c2F)c1F. The van der Waals surface area contributed by atoms with Gasteiger partial charge in [-0.2, -0.15) is 5.10 Å². The van der Waals surface area contributed by atoms with Crippen LogP contribution < -0.4 is 10.1 Å². The zero-order valence-corrected chi connectivity index (χ0v) is 22.1. The average Bonchev–Trinajstić information content (AvgIpc) is 3.34. The third-order valence-corrected chi connectivity index (χ3v) is 7.56. The number of nitrogens with zero attached hydrogens (tertiary/aromatic N) is 4. The standard InChI is InChI=1S/C25H25F3N6O4S/c1-34(2)10-4-9-30-24(35)23-16-7-6-15(21(28)22(16)32-33-23)19-17(26)8-5-14(20(19)27)12-39(36,37)18-11-29-13-31-25(18)38-3/h5-8,11,13H,4,9-10,12H2,1-3H3,(H,30,35)(H,32,33). The van der Waals surface area contributed by atoms with E-state index < -0.39 is 55.6 Å². The van der Waals surface area contributed by atoms with Gasteiger partial charge in [-0.15, -0.1) is 0 Å². The van der Waals surface area contributed by atoms with E-state index in [1.807, 2.05) is 19.0 Å². The van der Waals surface area contributed by atoms with Crippen molar-refractivity contribution in [2.24, 2.45) is 0 Å². The molecule has 0 radical (unpaired) electrons. The molecule has 0 unspecified atom stereocenters. The number of carbonyl (C=O) groups excluding carboxylic acids is 1. The molecule has 4 rings (SSSR count). The maximum absolute atomic E-state index is 15.6. The number of carbonyl (C=O) groups is 1. The van der Waals surface area contributed by atoms with E-state index in [0.717, 1.165) is 37.3 Å². The Balaban J connectivity index is 1.68. The number of sulfone groups is 1. The molecular formula is C25H25F3N6O4S. The van der Waals surface area contributed by atoms with Gasteiger partial charge in [0, 0.05) is 23.1 Å². The molecule has 0 saturated carbocycles. The van der Waals surface area contributed by atoms with Crippen LogP contribution in [0.3, 0.4) is 0 Å². The highest BCUT2D eigenvalue weighted by Crippen LogP contribution is 2.35. The number of aromatic nitrogens is 4. The van der Waals surface area contributed by atoms with Crippen molar-refractivity contribution in [3.63, 3.8) is 0 Å². The summed E-state index contributed by atoms with van der Waals surface area (Å²) in [5, 5.41) is 9.16. The van der Waals surface area contributed by atoms with Gasteiger partial charge >= 0.3 is 0 Å². The number of benzene rings is 2. The summed E-state index contributed by atoms with van der Waals surface area (Å²) in [7, 11) is 0.794. The lowest BCUT2D eigenvalue weighted by Crippen LogP contribution is -2.27. The van der Waals surface area contributed by atoms with Gasteiger partial charge in [0.25, 0.3) is 5.91 Å². The third-order valence-electron chi connectivity index (χ3n) is 5.92. The van der Waals surface area contributed by atoms with Crippen LogP contribution in [0.1, 0.15) is 22.5 Å². The van der Waals surface area contributed by atoms with Crippen LogP contribution in [0, 0.1) is 17.5 Å². The van der Waals surface area contributed by atoms with Crippen LogP contribution in [-0.4, -0.2) is 73.7 Å². The van der Waals surface area contributed by atoms with Gasteiger partial charge in [0.1, 0.15) is 34.1 Å². The lowest BCUT2D eigenvalue weighted by atomic mass is 9.99. The Morgan fingerprint density at radius 3 is 2.62 bits per heavy atom. The van der Waals surface area contributed by atoms with Crippen molar-refractivity contribution in [1.29, 1.82) is 0 Å².